The number of rotatable bonds is 8. The number of nitrogens with one attached hydrogen (secondary N) is 1. The maximum atomic E-state index is 14.2. The lowest BCUT2D eigenvalue weighted by atomic mass is 10.0. The van der Waals surface area contributed by atoms with Crippen molar-refractivity contribution >= 4 is 11.7 Å². The zero-order valence-corrected chi connectivity index (χ0v) is 17.3. The Morgan fingerprint density at radius 1 is 1.00 bits per heavy atom. The molecule has 0 fully saturated rings. The Labute approximate surface area is 181 Å². The molecule has 158 valence electrons. The zero-order chi connectivity index (χ0) is 22.2. The summed E-state index contributed by atoms with van der Waals surface area (Å²) in [6, 6.07) is 23.3. The molecule has 0 saturated heterocycles. The monoisotopic (exact) mass is 418 g/mol. The van der Waals surface area contributed by atoms with Gasteiger partial charge in [-0.15, -0.1) is 0 Å². The number of esters is 1. The summed E-state index contributed by atoms with van der Waals surface area (Å²) in [4.78, 5) is 12.8. The summed E-state index contributed by atoms with van der Waals surface area (Å²) in [7, 11) is 0. The molecule has 2 unspecified atom stereocenters. The largest absolute Gasteiger partial charge is 0.454 e. The number of hydrogen-bond donors (Lipinski definition) is 1. The van der Waals surface area contributed by atoms with E-state index in [0.717, 1.165) is 5.69 Å². The van der Waals surface area contributed by atoms with Crippen molar-refractivity contribution in [3.8, 4) is 17.6 Å². The van der Waals surface area contributed by atoms with Crippen LogP contribution in [0.2, 0.25) is 0 Å². The number of nitriles is 1. The Morgan fingerprint density at radius 2 is 1.65 bits per heavy atom. The molecule has 0 aliphatic carbocycles. The predicted molar refractivity (Wildman–Crippen MR) is 116 cm³/mol. The first-order valence-corrected chi connectivity index (χ1v) is 9.92. The van der Waals surface area contributed by atoms with Crippen LogP contribution in [0.4, 0.5) is 10.1 Å². The molecule has 0 bridgehead atoms. The first kappa shape index (κ1) is 21.8. The molecule has 0 aliphatic rings. The fraction of sp³-hybridized carbons (Fsp3) is 0.200. The Kier molecular flexibility index (Phi) is 7.23. The number of carbonyl (C=O) groups is 1. The van der Waals surface area contributed by atoms with Crippen molar-refractivity contribution in [2.45, 2.75) is 26.0 Å². The van der Waals surface area contributed by atoms with Crippen LogP contribution < -0.4 is 10.1 Å². The highest BCUT2D eigenvalue weighted by Crippen LogP contribution is 2.29. The van der Waals surface area contributed by atoms with Gasteiger partial charge in [0.1, 0.15) is 17.9 Å². The predicted octanol–water partition coefficient (Wildman–Crippen LogP) is 5.86. The van der Waals surface area contributed by atoms with Gasteiger partial charge in [-0.1, -0.05) is 56.3 Å². The summed E-state index contributed by atoms with van der Waals surface area (Å²) in [5.41, 5.74) is 1.09. The maximum absolute atomic E-state index is 14.2. The minimum Gasteiger partial charge on any atom is -0.454 e. The summed E-state index contributed by atoms with van der Waals surface area (Å²) in [5, 5.41) is 12.7. The fourth-order valence-electron chi connectivity index (χ4n) is 2.95. The molecule has 6 heteroatoms. The summed E-state index contributed by atoms with van der Waals surface area (Å²) >= 11 is 0. The van der Waals surface area contributed by atoms with Crippen molar-refractivity contribution < 1.29 is 18.7 Å². The molecule has 0 spiro atoms. The fourth-order valence-corrected chi connectivity index (χ4v) is 2.95. The number of nitrogens with zero attached hydrogens (tertiary/aromatic N) is 1. The van der Waals surface area contributed by atoms with E-state index in [4.69, 9.17) is 9.47 Å². The van der Waals surface area contributed by atoms with Crippen LogP contribution in [0.3, 0.4) is 0 Å². The molecule has 0 heterocycles. The number of halogens is 1. The Morgan fingerprint density at radius 3 is 2.26 bits per heavy atom. The molecule has 3 aromatic carbocycles. The smallest absolute Gasteiger partial charge is 0.330 e. The van der Waals surface area contributed by atoms with Crippen LogP contribution in [-0.2, 0) is 9.53 Å². The van der Waals surface area contributed by atoms with E-state index in [1.807, 2.05) is 56.3 Å². The van der Waals surface area contributed by atoms with Crippen molar-refractivity contribution in [1.82, 2.24) is 0 Å². The highest BCUT2D eigenvalue weighted by Gasteiger charge is 2.27. The molecular weight excluding hydrogens is 395 g/mol. The molecule has 2 atom stereocenters. The number of para-hydroxylation sites is 2. The van der Waals surface area contributed by atoms with Crippen LogP contribution in [0, 0.1) is 23.1 Å². The van der Waals surface area contributed by atoms with Crippen molar-refractivity contribution in [1.29, 1.82) is 5.26 Å². The number of ether oxygens (including phenoxy) is 2. The average Bonchev–Trinajstić information content (AvgIpc) is 2.78. The van der Waals surface area contributed by atoms with Crippen LogP contribution in [0.15, 0.2) is 78.9 Å². The normalized spacial score (nSPS) is 12.5. The number of benzene rings is 3. The zero-order valence-electron chi connectivity index (χ0n) is 17.3. The second-order valence-electron chi connectivity index (χ2n) is 7.28. The molecule has 3 aromatic rings. The molecular formula is C25H23FN2O3. The van der Waals surface area contributed by atoms with Crippen molar-refractivity contribution in [3.05, 3.63) is 90.2 Å². The Balaban J connectivity index is 1.77. The third kappa shape index (κ3) is 5.83. The molecule has 3 rings (SSSR count). The van der Waals surface area contributed by atoms with Crippen LogP contribution in [0.25, 0.3) is 0 Å². The number of anilines is 1. The standard InChI is InChI=1S/C25H23FN2O3/c1-17(2)24(28-19-9-5-3-6-10-19)25(29)31-23(16-27)18-13-14-21(26)22(15-18)30-20-11-7-4-8-12-20/h3-15,17,23-24,28H,1-2H3. The topological polar surface area (TPSA) is 71.3 Å². The minimum absolute atomic E-state index is 0.0529. The third-order valence-corrected chi connectivity index (χ3v) is 4.60. The maximum Gasteiger partial charge on any atom is 0.330 e. The van der Waals surface area contributed by atoms with Gasteiger partial charge in [-0.3, -0.25) is 0 Å². The molecule has 0 saturated carbocycles. The summed E-state index contributed by atoms with van der Waals surface area (Å²) in [6.07, 6.45) is -1.20. The van der Waals surface area contributed by atoms with Crippen LogP contribution in [0.5, 0.6) is 11.5 Å². The van der Waals surface area contributed by atoms with Crippen molar-refractivity contribution in [2.75, 3.05) is 5.32 Å². The van der Waals surface area contributed by atoms with Gasteiger partial charge in [0.15, 0.2) is 11.6 Å². The van der Waals surface area contributed by atoms with Gasteiger partial charge >= 0.3 is 5.97 Å². The van der Waals surface area contributed by atoms with E-state index >= 15 is 0 Å². The molecule has 0 amide bonds. The van der Waals surface area contributed by atoms with Gasteiger partial charge in [0, 0.05) is 11.3 Å². The van der Waals surface area contributed by atoms with Gasteiger partial charge in [-0.2, -0.15) is 5.26 Å². The van der Waals surface area contributed by atoms with Gasteiger partial charge in [0.2, 0.25) is 6.10 Å². The first-order chi connectivity index (χ1) is 15.0. The van der Waals surface area contributed by atoms with E-state index in [2.05, 4.69) is 5.32 Å². The van der Waals surface area contributed by atoms with Gasteiger partial charge in [-0.05, 0) is 42.3 Å². The van der Waals surface area contributed by atoms with E-state index < -0.39 is 23.9 Å². The molecule has 0 aliphatic heterocycles. The van der Waals surface area contributed by atoms with Gasteiger partial charge in [-0.25, -0.2) is 9.18 Å². The third-order valence-electron chi connectivity index (χ3n) is 4.60. The SMILES string of the molecule is CC(C)C(Nc1ccccc1)C(=O)OC(C#N)c1ccc(F)c(Oc2ccccc2)c1. The second kappa shape index (κ2) is 10.3. The number of carbonyl (C=O) groups excluding carboxylic acids is 1. The Bertz CT molecular complexity index is 1050. The molecule has 5 nitrogen and oxygen atoms in total. The lowest BCUT2D eigenvalue weighted by Gasteiger charge is -2.23. The van der Waals surface area contributed by atoms with Gasteiger partial charge in [0.05, 0.1) is 0 Å². The van der Waals surface area contributed by atoms with E-state index in [0.29, 0.717) is 11.3 Å². The average molecular weight is 418 g/mol. The number of hydrogen-bond acceptors (Lipinski definition) is 5. The first-order valence-electron chi connectivity index (χ1n) is 9.92. The van der Waals surface area contributed by atoms with E-state index in [-0.39, 0.29) is 11.7 Å². The van der Waals surface area contributed by atoms with E-state index in [9.17, 15) is 14.4 Å². The summed E-state index contributed by atoms with van der Waals surface area (Å²) in [5.74, 6) is -0.835. The van der Waals surface area contributed by atoms with Crippen LogP contribution >= 0.6 is 0 Å². The lowest BCUT2D eigenvalue weighted by Crippen LogP contribution is -2.36. The molecule has 0 aromatic heterocycles. The van der Waals surface area contributed by atoms with Crippen molar-refractivity contribution in [3.63, 3.8) is 0 Å². The molecule has 1 N–H and O–H groups in total. The van der Waals surface area contributed by atoms with Crippen LogP contribution in [0.1, 0.15) is 25.5 Å². The Hall–Kier alpha value is -3.85. The van der Waals surface area contributed by atoms with Gasteiger partial charge in [0.25, 0.3) is 0 Å². The lowest BCUT2D eigenvalue weighted by molar-refractivity contribution is -0.148. The molecule has 31 heavy (non-hydrogen) atoms. The summed E-state index contributed by atoms with van der Waals surface area (Å²) in [6.45, 7) is 3.76. The van der Waals surface area contributed by atoms with E-state index in [1.54, 1.807) is 24.3 Å². The van der Waals surface area contributed by atoms with Crippen LogP contribution in [-0.4, -0.2) is 12.0 Å². The quantitative estimate of drug-likeness (QED) is 0.464. The summed E-state index contributed by atoms with van der Waals surface area (Å²) < 4.78 is 25.3. The van der Waals surface area contributed by atoms with E-state index in [1.165, 1.54) is 18.2 Å². The highest BCUT2D eigenvalue weighted by molar-refractivity contribution is 5.80. The van der Waals surface area contributed by atoms with Gasteiger partial charge < -0.3 is 14.8 Å². The minimum atomic E-state index is -1.20. The van der Waals surface area contributed by atoms with Crippen molar-refractivity contribution in [2.24, 2.45) is 5.92 Å². The molecule has 0 radical (unpaired) electrons. The highest BCUT2D eigenvalue weighted by atomic mass is 19.1. The second-order valence-corrected chi connectivity index (χ2v) is 7.28.